The van der Waals surface area contributed by atoms with Gasteiger partial charge in [-0.15, -0.1) is 0 Å². The van der Waals surface area contributed by atoms with E-state index in [0.29, 0.717) is 13.0 Å². The van der Waals surface area contributed by atoms with Crippen molar-refractivity contribution in [2.75, 3.05) is 17.4 Å². The highest BCUT2D eigenvalue weighted by Crippen LogP contribution is 2.31. The van der Waals surface area contributed by atoms with Crippen LogP contribution in [-0.2, 0) is 26.2 Å². The minimum absolute atomic E-state index is 0.0479. The smallest absolute Gasteiger partial charge is 0.264 e. The third-order valence-corrected chi connectivity index (χ3v) is 8.34. The fourth-order valence-corrected chi connectivity index (χ4v) is 5.40. The molecule has 11 heteroatoms. The van der Waals surface area contributed by atoms with E-state index in [0.717, 1.165) is 9.21 Å². The van der Waals surface area contributed by atoms with Gasteiger partial charge < -0.3 is 10.2 Å². The number of halogens is 3. The molecule has 38 heavy (non-hydrogen) atoms. The zero-order valence-electron chi connectivity index (χ0n) is 20.9. The number of benzene rings is 3. The molecule has 0 saturated heterocycles. The molecule has 7 nitrogen and oxygen atoms in total. The van der Waals surface area contributed by atoms with Crippen LogP contribution in [0, 0.1) is 5.82 Å². The first-order valence-corrected chi connectivity index (χ1v) is 14.1. The van der Waals surface area contributed by atoms with Gasteiger partial charge in [0, 0.05) is 18.7 Å². The van der Waals surface area contributed by atoms with Crippen molar-refractivity contribution >= 4 is 50.7 Å². The van der Waals surface area contributed by atoms with Gasteiger partial charge in [-0.25, -0.2) is 12.8 Å². The van der Waals surface area contributed by atoms with Crippen LogP contribution >= 0.6 is 23.2 Å². The van der Waals surface area contributed by atoms with E-state index < -0.39 is 40.2 Å². The summed E-state index contributed by atoms with van der Waals surface area (Å²) in [6.07, 6.45) is 0.681. The van der Waals surface area contributed by atoms with E-state index >= 15 is 0 Å². The number of carbonyl (C=O) groups is 2. The van der Waals surface area contributed by atoms with Crippen molar-refractivity contribution in [2.24, 2.45) is 0 Å². The Bertz CT molecular complexity index is 1390. The van der Waals surface area contributed by atoms with E-state index in [1.807, 2.05) is 6.92 Å². The van der Waals surface area contributed by atoms with Crippen molar-refractivity contribution < 1.29 is 22.4 Å². The molecule has 2 amide bonds. The zero-order chi connectivity index (χ0) is 27.9. The van der Waals surface area contributed by atoms with E-state index in [1.165, 1.54) is 55.5 Å². The second kappa shape index (κ2) is 13.1. The summed E-state index contributed by atoms with van der Waals surface area (Å²) in [7, 11) is -4.24. The Hall–Kier alpha value is -3.14. The topological polar surface area (TPSA) is 86.8 Å². The summed E-state index contributed by atoms with van der Waals surface area (Å²) in [5, 5.41) is 3.04. The van der Waals surface area contributed by atoms with Crippen LogP contribution in [0.15, 0.2) is 77.7 Å². The van der Waals surface area contributed by atoms with Crippen LogP contribution in [0.1, 0.15) is 25.8 Å². The van der Waals surface area contributed by atoms with Crippen molar-refractivity contribution in [3.63, 3.8) is 0 Å². The first-order chi connectivity index (χ1) is 18.1. The Morgan fingerprint density at radius 3 is 2.26 bits per heavy atom. The van der Waals surface area contributed by atoms with Crippen LogP contribution in [0.4, 0.5) is 10.1 Å². The summed E-state index contributed by atoms with van der Waals surface area (Å²) in [6.45, 7) is 2.88. The van der Waals surface area contributed by atoms with Crippen molar-refractivity contribution in [3.8, 4) is 0 Å². The lowest BCUT2D eigenvalue weighted by Crippen LogP contribution is -2.51. The van der Waals surface area contributed by atoms with Crippen molar-refractivity contribution in [1.82, 2.24) is 10.2 Å². The van der Waals surface area contributed by atoms with Gasteiger partial charge in [-0.2, -0.15) is 0 Å². The van der Waals surface area contributed by atoms with Gasteiger partial charge >= 0.3 is 0 Å². The van der Waals surface area contributed by atoms with Crippen molar-refractivity contribution in [3.05, 3.63) is 94.2 Å². The number of nitrogens with one attached hydrogen (secondary N) is 1. The van der Waals surface area contributed by atoms with Gasteiger partial charge in [0.25, 0.3) is 10.0 Å². The van der Waals surface area contributed by atoms with Crippen LogP contribution in [0.25, 0.3) is 0 Å². The van der Waals surface area contributed by atoms with Gasteiger partial charge in [-0.1, -0.05) is 66.5 Å². The van der Waals surface area contributed by atoms with Gasteiger partial charge in [0.05, 0.1) is 20.6 Å². The van der Waals surface area contributed by atoms with Gasteiger partial charge in [0.2, 0.25) is 11.8 Å². The Labute approximate surface area is 232 Å². The number of carbonyl (C=O) groups excluding carboxylic acids is 2. The van der Waals surface area contributed by atoms with Crippen LogP contribution in [0.3, 0.4) is 0 Å². The molecule has 0 radical (unpaired) electrons. The van der Waals surface area contributed by atoms with E-state index in [-0.39, 0.29) is 32.7 Å². The number of anilines is 1. The summed E-state index contributed by atoms with van der Waals surface area (Å²) in [4.78, 5) is 27.7. The maximum absolute atomic E-state index is 14.5. The fourth-order valence-electron chi connectivity index (χ4n) is 3.68. The number of hydrogen-bond acceptors (Lipinski definition) is 4. The molecule has 0 spiro atoms. The molecule has 202 valence electrons. The molecular formula is C27H28Cl2FN3O4S. The lowest BCUT2D eigenvalue weighted by Gasteiger charge is -2.32. The fraction of sp³-hybridized carbons (Fsp3) is 0.259. The molecule has 0 bridgehead atoms. The minimum Gasteiger partial charge on any atom is -0.354 e. The highest BCUT2D eigenvalue weighted by atomic mass is 35.5. The third kappa shape index (κ3) is 7.03. The van der Waals surface area contributed by atoms with E-state index in [1.54, 1.807) is 24.3 Å². The first kappa shape index (κ1) is 29.4. The lowest BCUT2D eigenvalue weighted by molar-refractivity contribution is -0.139. The summed E-state index contributed by atoms with van der Waals surface area (Å²) >= 11 is 12.2. The Morgan fingerprint density at radius 1 is 0.974 bits per heavy atom. The number of nitrogens with zero attached hydrogens (tertiary/aromatic N) is 2. The van der Waals surface area contributed by atoms with Crippen molar-refractivity contribution in [1.29, 1.82) is 0 Å². The number of amides is 2. The molecule has 0 aliphatic carbocycles. The monoisotopic (exact) mass is 579 g/mol. The highest BCUT2D eigenvalue weighted by molar-refractivity contribution is 7.92. The second-order valence-corrected chi connectivity index (χ2v) is 11.2. The van der Waals surface area contributed by atoms with Crippen LogP contribution in [-0.4, -0.2) is 44.3 Å². The average molecular weight is 581 g/mol. The van der Waals surface area contributed by atoms with Crippen LogP contribution in [0.5, 0.6) is 0 Å². The molecule has 0 saturated carbocycles. The summed E-state index contributed by atoms with van der Waals surface area (Å²) in [6, 6.07) is 16.7. The predicted molar refractivity (Wildman–Crippen MR) is 147 cm³/mol. The predicted octanol–water partition coefficient (Wildman–Crippen LogP) is 5.27. The molecule has 3 rings (SSSR count). The largest absolute Gasteiger partial charge is 0.354 e. The molecule has 1 unspecified atom stereocenters. The SMILES string of the molecule is CCCNC(=O)C(C)N(Cc1ccccc1F)C(=O)CN(c1ccc(Cl)c(Cl)c1)S(=O)(=O)c1ccccc1. The normalized spacial score (nSPS) is 12.0. The third-order valence-electron chi connectivity index (χ3n) is 5.82. The van der Waals surface area contributed by atoms with E-state index in [9.17, 15) is 22.4 Å². The maximum atomic E-state index is 14.5. The van der Waals surface area contributed by atoms with E-state index in [4.69, 9.17) is 23.2 Å². The molecule has 3 aromatic rings. The summed E-state index contributed by atoms with van der Waals surface area (Å²) in [5.41, 5.74) is 0.286. The lowest BCUT2D eigenvalue weighted by atomic mass is 10.1. The highest BCUT2D eigenvalue weighted by Gasteiger charge is 2.33. The maximum Gasteiger partial charge on any atom is 0.264 e. The Balaban J connectivity index is 2.04. The van der Waals surface area contributed by atoms with Crippen molar-refractivity contribution in [2.45, 2.75) is 37.8 Å². The van der Waals surface area contributed by atoms with Crippen LogP contribution < -0.4 is 9.62 Å². The van der Waals surface area contributed by atoms with Gasteiger partial charge in [0.1, 0.15) is 18.4 Å². The Morgan fingerprint density at radius 2 is 1.63 bits per heavy atom. The van der Waals surface area contributed by atoms with Gasteiger partial charge in [-0.05, 0) is 49.7 Å². The van der Waals surface area contributed by atoms with E-state index in [2.05, 4.69) is 5.32 Å². The van der Waals surface area contributed by atoms with Gasteiger partial charge in [-0.3, -0.25) is 13.9 Å². The number of hydrogen-bond donors (Lipinski definition) is 1. The first-order valence-electron chi connectivity index (χ1n) is 11.9. The molecule has 0 fully saturated rings. The second-order valence-electron chi connectivity index (χ2n) is 8.50. The Kier molecular flexibility index (Phi) is 10.1. The van der Waals surface area contributed by atoms with Gasteiger partial charge in [0.15, 0.2) is 0 Å². The number of sulfonamides is 1. The number of rotatable bonds is 11. The molecule has 0 aliphatic heterocycles. The molecule has 0 aliphatic rings. The average Bonchev–Trinajstić information content (AvgIpc) is 2.91. The standard InChI is InChI=1S/C27H28Cl2FN3O4S/c1-3-15-31-27(35)19(2)32(17-20-9-7-8-12-25(20)30)26(34)18-33(21-13-14-23(28)24(29)16-21)38(36,37)22-10-5-4-6-11-22/h4-14,16,19H,3,15,17-18H2,1-2H3,(H,31,35). The minimum atomic E-state index is -4.24. The summed E-state index contributed by atoms with van der Waals surface area (Å²) < 4.78 is 42.8. The molecular weight excluding hydrogens is 552 g/mol. The zero-order valence-corrected chi connectivity index (χ0v) is 23.2. The molecule has 0 heterocycles. The summed E-state index contributed by atoms with van der Waals surface area (Å²) in [5.74, 6) is -1.70. The molecule has 1 atom stereocenters. The quantitative estimate of drug-likeness (QED) is 0.335. The molecule has 3 aromatic carbocycles. The van der Waals surface area contributed by atoms with Crippen LogP contribution in [0.2, 0.25) is 10.0 Å². The molecule has 1 N–H and O–H groups in total. The molecule has 0 aromatic heterocycles.